The summed E-state index contributed by atoms with van der Waals surface area (Å²) in [4.78, 5) is 15.6. The molecule has 0 aromatic carbocycles. The lowest BCUT2D eigenvalue weighted by Gasteiger charge is -1.99. The number of hydrogen-bond acceptors (Lipinski definition) is 4. The van der Waals surface area contributed by atoms with Crippen LogP contribution in [0.2, 0.25) is 0 Å². The fraction of sp³-hybridized carbons (Fsp3) is 0.800. The van der Waals surface area contributed by atoms with E-state index in [1.54, 1.807) is 0 Å². The second-order valence-corrected chi connectivity index (χ2v) is 1.92. The Labute approximate surface area is 73.7 Å². The third-order valence-electron chi connectivity index (χ3n) is 0.992. The van der Waals surface area contributed by atoms with Crippen LogP contribution >= 0.6 is 0 Å². The van der Waals surface area contributed by atoms with E-state index in [0.717, 1.165) is 0 Å². The number of esters is 1. The van der Waals surface area contributed by atoms with E-state index in [1.807, 2.05) is 0 Å². The second kappa shape index (κ2) is 8.19. The molecule has 0 N–H and O–H groups in total. The third-order valence-corrected chi connectivity index (χ3v) is 0.992. The minimum atomic E-state index is -0.585. The molecule has 0 aliphatic rings. The van der Waals surface area contributed by atoms with Crippen molar-refractivity contribution in [3.05, 3.63) is 20.9 Å². The molecule has 13 heavy (non-hydrogen) atoms. The van der Waals surface area contributed by atoms with E-state index in [0.29, 0.717) is 6.42 Å². The molecule has 0 fully saturated rings. The summed E-state index contributed by atoms with van der Waals surface area (Å²) in [7, 11) is 0. The second-order valence-electron chi connectivity index (χ2n) is 1.92. The van der Waals surface area contributed by atoms with Gasteiger partial charge in [0.2, 0.25) is 0 Å². The molecule has 0 spiro atoms. The summed E-state index contributed by atoms with van der Waals surface area (Å²) >= 11 is 0. The molecule has 0 unspecified atom stereocenters. The van der Waals surface area contributed by atoms with Crippen LogP contribution in [0.5, 0.6) is 0 Å². The predicted octanol–water partition coefficient (Wildman–Crippen LogP) is 1.54. The van der Waals surface area contributed by atoms with Crippen LogP contribution in [0.4, 0.5) is 0 Å². The van der Waals surface area contributed by atoms with Crippen LogP contribution in [0, 0.1) is 0 Å². The number of nitrogens with zero attached hydrogens (tertiary/aromatic N) is 6. The number of carbonyl (C=O) groups is 1. The average Bonchev–Trinajstić information content (AvgIpc) is 2.14. The largest absolute Gasteiger partial charge is 0.466 e. The lowest BCUT2D eigenvalue weighted by atomic mass is 10.5. The van der Waals surface area contributed by atoms with Crippen LogP contribution in [-0.2, 0) is 9.53 Å². The Hall–Kier alpha value is -1.91. The van der Waals surface area contributed by atoms with Gasteiger partial charge in [0, 0.05) is 16.4 Å². The highest BCUT2D eigenvalue weighted by molar-refractivity contribution is 5.71. The van der Waals surface area contributed by atoms with E-state index in [9.17, 15) is 4.79 Å². The maximum Gasteiger partial charge on any atom is 0.311 e. The Bertz CT molecular complexity index is 252. The van der Waals surface area contributed by atoms with Crippen LogP contribution in [-0.4, -0.2) is 25.7 Å². The van der Waals surface area contributed by atoms with Gasteiger partial charge in [-0.25, -0.2) is 0 Å². The van der Waals surface area contributed by atoms with Crippen molar-refractivity contribution in [3.8, 4) is 0 Å². The van der Waals surface area contributed by atoms with Crippen molar-refractivity contribution in [2.24, 2.45) is 10.2 Å². The lowest BCUT2D eigenvalue weighted by Crippen LogP contribution is -2.09. The minimum absolute atomic E-state index is 0.165. The Morgan fingerprint density at radius 3 is 2.62 bits per heavy atom. The Kier molecular flexibility index (Phi) is 6.99. The molecule has 0 radical (unpaired) electrons. The molecule has 0 aromatic rings. The van der Waals surface area contributed by atoms with Crippen molar-refractivity contribution in [3.63, 3.8) is 0 Å². The van der Waals surface area contributed by atoms with Gasteiger partial charge in [0.15, 0.2) is 0 Å². The standard InChI is InChI=1S/C5H8N6O2/c6-10-8-2-1-3-13-5(12)4-9-11-7/h1-4H2. The van der Waals surface area contributed by atoms with E-state index in [4.69, 9.17) is 11.1 Å². The number of azide groups is 2. The molecule has 8 heteroatoms. The number of ether oxygens (including phenoxy) is 1. The van der Waals surface area contributed by atoms with Crippen molar-refractivity contribution in [2.45, 2.75) is 6.42 Å². The Morgan fingerprint density at radius 2 is 2.00 bits per heavy atom. The quantitative estimate of drug-likeness (QED) is 0.204. The molecule has 0 heterocycles. The zero-order valence-electron chi connectivity index (χ0n) is 6.83. The van der Waals surface area contributed by atoms with Crippen LogP contribution in [0.3, 0.4) is 0 Å². The summed E-state index contributed by atoms with van der Waals surface area (Å²) in [6, 6.07) is 0. The molecule has 0 atom stereocenters. The topological polar surface area (TPSA) is 124 Å². The van der Waals surface area contributed by atoms with Crippen LogP contribution < -0.4 is 0 Å². The summed E-state index contributed by atoms with van der Waals surface area (Å²) in [5, 5.41) is 6.25. The summed E-state index contributed by atoms with van der Waals surface area (Å²) < 4.78 is 4.60. The summed E-state index contributed by atoms with van der Waals surface area (Å²) in [5.74, 6) is -0.585. The highest BCUT2D eigenvalue weighted by Gasteiger charge is 1.98. The first-order valence-electron chi connectivity index (χ1n) is 3.48. The Balaban J connectivity index is 3.36. The molecular formula is C5H8N6O2. The van der Waals surface area contributed by atoms with E-state index in [1.165, 1.54) is 0 Å². The van der Waals surface area contributed by atoms with Gasteiger partial charge in [-0.3, -0.25) is 4.79 Å². The van der Waals surface area contributed by atoms with Gasteiger partial charge in [-0.2, -0.15) is 0 Å². The van der Waals surface area contributed by atoms with Gasteiger partial charge in [-0.1, -0.05) is 10.2 Å². The fourth-order valence-electron chi connectivity index (χ4n) is 0.501. The zero-order valence-corrected chi connectivity index (χ0v) is 6.83. The van der Waals surface area contributed by atoms with Crippen molar-refractivity contribution >= 4 is 5.97 Å². The maximum absolute atomic E-state index is 10.6. The normalized spacial score (nSPS) is 8.00. The molecule has 0 aliphatic heterocycles. The molecule has 8 nitrogen and oxygen atoms in total. The van der Waals surface area contributed by atoms with Gasteiger partial charge in [0.25, 0.3) is 0 Å². The molecule has 0 saturated heterocycles. The van der Waals surface area contributed by atoms with E-state index in [-0.39, 0.29) is 19.7 Å². The monoisotopic (exact) mass is 184 g/mol. The van der Waals surface area contributed by atoms with Gasteiger partial charge in [-0.15, -0.1) is 0 Å². The van der Waals surface area contributed by atoms with E-state index >= 15 is 0 Å². The maximum atomic E-state index is 10.6. The molecule has 70 valence electrons. The van der Waals surface area contributed by atoms with Crippen LogP contribution in [0.15, 0.2) is 10.2 Å². The molecule has 0 bridgehead atoms. The van der Waals surface area contributed by atoms with Gasteiger partial charge in [0.1, 0.15) is 6.54 Å². The van der Waals surface area contributed by atoms with E-state index in [2.05, 4.69) is 24.8 Å². The van der Waals surface area contributed by atoms with Crippen molar-refractivity contribution in [2.75, 3.05) is 19.7 Å². The molecular weight excluding hydrogens is 176 g/mol. The average molecular weight is 184 g/mol. The van der Waals surface area contributed by atoms with Gasteiger partial charge in [-0.05, 0) is 17.5 Å². The smallest absolute Gasteiger partial charge is 0.311 e. The zero-order chi connectivity index (χ0) is 9.94. The predicted molar refractivity (Wildman–Crippen MR) is 43.6 cm³/mol. The van der Waals surface area contributed by atoms with Gasteiger partial charge >= 0.3 is 5.97 Å². The van der Waals surface area contributed by atoms with Crippen LogP contribution in [0.25, 0.3) is 20.9 Å². The SMILES string of the molecule is [N-]=[N+]=NCCCOC(=O)CN=[N+]=[N-]. The summed E-state index contributed by atoms with van der Waals surface area (Å²) in [5.41, 5.74) is 15.7. The number of rotatable bonds is 6. The van der Waals surface area contributed by atoms with Gasteiger partial charge in [0.05, 0.1) is 6.61 Å². The lowest BCUT2D eigenvalue weighted by molar-refractivity contribution is -0.141. The van der Waals surface area contributed by atoms with Gasteiger partial charge < -0.3 is 4.74 Å². The minimum Gasteiger partial charge on any atom is -0.466 e. The first-order valence-corrected chi connectivity index (χ1v) is 3.48. The summed E-state index contributed by atoms with van der Waals surface area (Å²) in [6.07, 6.45) is 0.464. The van der Waals surface area contributed by atoms with Crippen molar-refractivity contribution < 1.29 is 9.53 Å². The third kappa shape index (κ3) is 7.99. The molecule has 0 amide bonds. The Morgan fingerprint density at radius 1 is 1.31 bits per heavy atom. The van der Waals surface area contributed by atoms with E-state index < -0.39 is 5.97 Å². The first-order chi connectivity index (χ1) is 6.31. The molecule has 0 aromatic heterocycles. The van der Waals surface area contributed by atoms with Crippen molar-refractivity contribution in [1.29, 1.82) is 0 Å². The molecule has 0 rings (SSSR count). The highest BCUT2D eigenvalue weighted by atomic mass is 16.5. The van der Waals surface area contributed by atoms with Crippen LogP contribution in [0.1, 0.15) is 6.42 Å². The van der Waals surface area contributed by atoms with Crippen molar-refractivity contribution in [1.82, 2.24) is 0 Å². The summed E-state index contributed by atoms with van der Waals surface area (Å²) in [6.45, 7) is 0.141. The fourth-order valence-corrected chi connectivity index (χ4v) is 0.501. The molecule has 0 saturated carbocycles. The number of carbonyl (C=O) groups excluding carboxylic acids is 1. The molecule has 0 aliphatic carbocycles. The highest BCUT2D eigenvalue weighted by Crippen LogP contribution is 1.86. The number of hydrogen-bond donors (Lipinski definition) is 0. The first kappa shape index (κ1) is 11.1.